The Morgan fingerprint density at radius 2 is 1.73 bits per heavy atom. The SMILES string of the molecule is CCc1nc(C)[nH]c1CC.O=P(O)(O)O. The Kier molecular flexibility index (Phi) is 5.75. The molecule has 1 aromatic heterocycles. The van der Waals surface area contributed by atoms with Crippen LogP contribution in [-0.4, -0.2) is 24.6 Å². The van der Waals surface area contributed by atoms with Gasteiger partial charge in [-0.2, -0.15) is 0 Å². The van der Waals surface area contributed by atoms with Gasteiger partial charge in [0.25, 0.3) is 0 Å². The minimum atomic E-state index is -4.64. The third-order valence-electron chi connectivity index (χ3n) is 1.67. The Balaban J connectivity index is 0.000000336. The summed E-state index contributed by atoms with van der Waals surface area (Å²) >= 11 is 0. The first-order chi connectivity index (χ1) is 6.77. The number of nitrogens with zero attached hydrogens (tertiary/aromatic N) is 1. The Morgan fingerprint density at radius 3 is 2.00 bits per heavy atom. The molecule has 0 atom stereocenters. The van der Waals surface area contributed by atoms with Crippen molar-refractivity contribution >= 4 is 7.82 Å². The van der Waals surface area contributed by atoms with Crippen molar-refractivity contribution in [3.63, 3.8) is 0 Å². The van der Waals surface area contributed by atoms with E-state index in [4.69, 9.17) is 19.2 Å². The van der Waals surface area contributed by atoms with Crippen molar-refractivity contribution in [2.24, 2.45) is 0 Å². The van der Waals surface area contributed by atoms with Crippen LogP contribution in [0.3, 0.4) is 0 Å². The fourth-order valence-electron chi connectivity index (χ4n) is 1.17. The number of aromatic amines is 1. The Labute approximate surface area is 88.6 Å². The summed E-state index contributed by atoms with van der Waals surface area (Å²) in [6.45, 7) is 6.28. The molecule has 0 aliphatic heterocycles. The van der Waals surface area contributed by atoms with Crippen molar-refractivity contribution in [2.75, 3.05) is 0 Å². The highest BCUT2D eigenvalue weighted by atomic mass is 31.2. The van der Waals surface area contributed by atoms with Crippen LogP contribution in [0.15, 0.2) is 0 Å². The summed E-state index contributed by atoms with van der Waals surface area (Å²) in [5, 5.41) is 0. The van der Waals surface area contributed by atoms with Crippen LogP contribution in [0, 0.1) is 6.92 Å². The zero-order valence-corrected chi connectivity index (χ0v) is 9.95. The monoisotopic (exact) mass is 236 g/mol. The third kappa shape index (κ3) is 7.27. The number of aryl methyl sites for hydroxylation is 3. The van der Waals surface area contributed by atoms with Crippen LogP contribution in [0.2, 0.25) is 0 Å². The van der Waals surface area contributed by atoms with E-state index in [0.717, 1.165) is 18.7 Å². The second kappa shape index (κ2) is 6.02. The molecule has 0 radical (unpaired) electrons. The molecule has 6 nitrogen and oxygen atoms in total. The molecule has 0 saturated heterocycles. The average molecular weight is 236 g/mol. The summed E-state index contributed by atoms with van der Waals surface area (Å²) in [6, 6.07) is 0. The molecule has 0 aliphatic carbocycles. The van der Waals surface area contributed by atoms with E-state index in [1.807, 2.05) is 6.92 Å². The summed E-state index contributed by atoms with van der Waals surface area (Å²) in [5.74, 6) is 1.04. The van der Waals surface area contributed by atoms with E-state index in [1.54, 1.807) is 0 Å². The minimum absolute atomic E-state index is 1.04. The number of hydrogen-bond acceptors (Lipinski definition) is 2. The van der Waals surface area contributed by atoms with Crippen molar-refractivity contribution in [2.45, 2.75) is 33.6 Å². The normalized spacial score (nSPS) is 10.8. The van der Waals surface area contributed by atoms with Gasteiger partial charge in [0.2, 0.25) is 0 Å². The predicted octanol–water partition coefficient (Wildman–Crippen LogP) is 0.914. The molecule has 7 heteroatoms. The summed E-state index contributed by atoms with van der Waals surface area (Å²) in [4.78, 5) is 29.1. The van der Waals surface area contributed by atoms with Crippen LogP contribution < -0.4 is 0 Å². The van der Waals surface area contributed by atoms with Crippen LogP contribution in [-0.2, 0) is 17.4 Å². The molecule has 15 heavy (non-hydrogen) atoms. The molecule has 0 spiro atoms. The van der Waals surface area contributed by atoms with E-state index in [9.17, 15) is 0 Å². The van der Waals surface area contributed by atoms with Crippen molar-refractivity contribution in [1.82, 2.24) is 9.97 Å². The molecule has 1 heterocycles. The zero-order chi connectivity index (χ0) is 12.1. The lowest BCUT2D eigenvalue weighted by molar-refractivity contribution is 0.275. The molecule has 1 aromatic rings. The van der Waals surface area contributed by atoms with E-state index in [2.05, 4.69) is 23.8 Å². The van der Waals surface area contributed by atoms with E-state index >= 15 is 0 Å². The molecule has 0 aliphatic rings. The van der Waals surface area contributed by atoms with Crippen LogP contribution in [0.25, 0.3) is 0 Å². The Hall–Kier alpha value is -0.680. The highest BCUT2D eigenvalue weighted by Gasteiger charge is 2.02. The smallest absolute Gasteiger partial charge is 0.346 e. The first kappa shape index (κ1) is 14.3. The fraction of sp³-hybridized carbons (Fsp3) is 0.625. The lowest BCUT2D eigenvalue weighted by Gasteiger charge is -1.91. The highest BCUT2D eigenvalue weighted by Crippen LogP contribution is 2.25. The van der Waals surface area contributed by atoms with Gasteiger partial charge in [0, 0.05) is 5.69 Å². The number of aromatic nitrogens is 2. The topological polar surface area (TPSA) is 106 Å². The summed E-state index contributed by atoms with van der Waals surface area (Å²) in [5.41, 5.74) is 2.51. The molecule has 0 bridgehead atoms. The molecule has 1 rings (SSSR count). The Morgan fingerprint density at radius 1 is 1.27 bits per heavy atom. The molecule has 4 N–H and O–H groups in total. The van der Waals surface area contributed by atoms with Gasteiger partial charge in [-0.15, -0.1) is 0 Å². The number of imidazole rings is 1. The highest BCUT2D eigenvalue weighted by molar-refractivity contribution is 7.45. The zero-order valence-electron chi connectivity index (χ0n) is 9.06. The fourth-order valence-corrected chi connectivity index (χ4v) is 1.17. The Bertz CT molecular complexity index is 315. The van der Waals surface area contributed by atoms with Gasteiger partial charge in [0.1, 0.15) is 5.82 Å². The van der Waals surface area contributed by atoms with Crippen LogP contribution in [0.5, 0.6) is 0 Å². The standard InChI is InChI=1S/C8H14N2.H3O4P/c1-4-7-8(5-2)10-6(3)9-7;1-5(2,3)4/h4-5H2,1-3H3,(H,9,10);(H3,1,2,3,4). The van der Waals surface area contributed by atoms with E-state index in [-0.39, 0.29) is 0 Å². The van der Waals surface area contributed by atoms with Gasteiger partial charge in [-0.3, -0.25) is 0 Å². The molecule has 0 aromatic carbocycles. The van der Waals surface area contributed by atoms with Crippen LogP contribution in [0.4, 0.5) is 0 Å². The molecular weight excluding hydrogens is 219 g/mol. The van der Waals surface area contributed by atoms with Crippen LogP contribution in [0.1, 0.15) is 31.1 Å². The maximum absolute atomic E-state index is 8.88. The van der Waals surface area contributed by atoms with Gasteiger partial charge in [-0.1, -0.05) is 13.8 Å². The average Bonchev–Trinajstić information content (AvgIpc) is 2.43. The van der Waals surface area contributed by atoms with Gasteiger partial charge in [-0.25, -0.2) is 9.55 Å². The van der Waals surface area contributed by atoms with Crippen molar-refractivity contribution in [3.8, 4) is 0 Å². The number of nitrogens with one attached hydrogen (secondary N) is 1. The lowest BCUT2D eigenvalue weighted by atomic mass is 10.2. The van der Waals surface area contributed by atoms with Gasteiger partial charge in [0.05, 0.1) is 5.69 Å². The molecule has 88 valence electrons. The number of H-pyrrole nitrogens is 1. The third-order valence-corrected chi connectivity index (χ3v) is 1.67. The maximum atomic E-state index is 8.88. The molecule has 0 fully saturated rings. The maximum Gasteiger partial charge on any atom is 0.466 e. The lowest BCUT2D eigenvalue weighted by Crippen LogP contribution is -1.87. The summed E-state index contributed by atoms with van der Waals surface area (Å²) < 4.78 is 8.88. The first-order valence-electron chi connectivity index (χ1n) is 4.60. The minimum Gasteiger partial charge on any atom is -0.346 e. The quantitative estimate of drug-likeness (QED) is 0.571. The largest absolute Gasteiger partial charge is 0.466 e. The van der Waals surface area contributed by atoms with Crippen molar-refractivity contribution in [1.29, 1.82) is 0 Å². The van der Waals surface area contributed by atoms with Crippen molar-refractivity contribution < 1.29 is 19.2 Å². The van der Waals surface area contributed by atoms with Crippen LogP contribution >= 0.6 is 7.82 Å². The summed E-state index contributed by atoms with van der Waals surface area (Å²) in [7, 11) is -4.64. The summed E-state index contributed by atoms with van der Waals surface area (Å²) in [6.07, 6.45) is 2.09. The van der Waals surface area contributed by atoms with E-state index < -0.39 is 7.82 Å². The molecule has 0 saturated carbocycles. The van der Waals surface area contributed by atoms with E-state index in [0.29, 0.717) is 0 Å². The van der Waals surface area contributed by atoms with Gasteiger partial charge >= 0.3 is 7.82 Å². The van der Waals surface area contributed by atoms with Gasteiger partial charge in [0.15, 0.2) is 0 Å². The molecule has 0 unspecified atom stereocenters. The second-order valence-corrected chi connectivity index (χ2v) is 3.99. The number of hydrogen-bond donors (Lipinski definition) is 4. The van der Waals surface area contributed by atoms with Crippen molar-refractivity contribution in [3.05, 3.63) is 17.2 Å². The number of phosphoric acid groups is 1. The second-order valence-electron chi connectivity index (χ2n) is 2.97. The molecule has 0 amide bonds. The number of rotatable bonds is 2. The predicted molar refractivity (Wildman–Crippen MR) is 56.3 cm³/mol. The van der Waals surface area contributed by atoms with Gasteiger partial charge in [-0.05, 0) is 19.8 Å². The molecular formula is C8H17N2O4P. The van der Waals surface area contributed by atoms with Gasteiger partial charge < -0.3 is 19.7 Å². The first-order valence-corrected chi connectivity index (χ1v) is 6.17. The van der Waals surface area contributed by atoms with E-state index in [1.165, 1.54) is 11.4 Å².